The van der Waals surface area contributed by atoms with Gasteiger partial charge >= 0.3 is 5.82 Å². The molecule has 0 radical (unpaired) electrons. The van der Waals surface area contributed by atoms with Crippen LogP contribution >= 0.6 is 23.2 Å². The second-order valence-electron chi connectivity index (χ2n) is 5.93. The van der Waals surface area contributed by atoms with Crippen LogP contribution < -0.4 is 5.32 Å². The lowest BCUT2D eigenvalue weighted by molar-refractivity contribution is -0.389. The van der Waals surface area contributed by atoms with Gasteiger partial charge in [-0.15, -0.1) is 0 Å². The first-order valence-electron chi connectivity index (χ1n) is 7.83. The molecule has 0 atom stereocenters. The van der Waals surface area contributed by atoms with Gasteiger partial charge in [0.25, 0.3) is 5.91 Å². The van der Waals surface area contributed by atoms with Gasteiger partial charge in [0.05, 0.1) is 39.0 Å². The van der Waals surface area contributed by atoms with Crippen molar-refractivity contribution < 1.29 is 18.1 Å². The van der Waals surface area contributed by atoms with E-state index in [4.69, 9.17) is 23.2 Å². The lowest BCUT2D eigenvalue weighted by Crippen LogP contribution is -2.29. The van der Waals surface area contributed by atoms with E-state index in [0.717, 1.165) is 10.4 Å². The maximum Gasteiger partial charge on any atom is 0.390 e. The van der Waals surface area contributed by atoms with Crippen LogP contribution in [0.5, 0.6) is 0 Å². The number of carbonyl (C=O) groups is 1. The predicted octanol–water partition coefficient (Wildman–Crippen LogP) is 2.09. The summed E-state index contributed by atoms with van der Waals surface area (Å²) in [4.78, 5) is 22.3. The Hall–Kier alpha value is -2.21. The molecule has 0 saturated carbocycles. The summed E-state index contributed by atoms with van der Waals surface area (Å²) in [5.74, 6) is -0.903. The second kappa shape index (κ2) is 8.43. The largest absolute Gasteiger partial charge is 0.390 e. The minimum absolute atomic E-state index is 0.00823. The third-order valence-electron chi connectivity index (χ3n) is 3.79. The Bertz CT molecular complexity index is 1040. The Morgan fingerprint density at radius 1 is 1.29 bits per heavy atom. The van der Waals surface area contributed by atoms with Crippen molar-refractivity contribution in [2.24, 2.45) is 0 Å². The summed E-state index contributed by atoms with van der Waals surface area (Å²) in [6, 6.07) is 3.62. The summed E-state index contributed by atoms with van der Waals surface area (Å²) >= 11 is 12.0. The highest BCUT2D eigenvalue weighted by Crippen LogP contribution is 2.30. The molecule has 0 aliphatic heterocycles. The monoisotopic (exact) mass is 449 g/mol. The number of carbonyl (C=O) groups excluding carboxylic acids is 1. The van der Waals surface area contributed by atoms with Gasteiger partial charge in [-0.25, -0.2) is 12.7 Å². The molecule has 13 heteroatoms. The van der Waals surface area contributed by atoms with Gasteiger partial charge in [0.1, 0.15) is 4.90 Å². The minimum atomic E-state index is -3.87. The Labute approximate surface area is 171 Å². The Balaban J connectivity index is 2.17. The standard InChI is InChI=1S/C15H17Cl2N5O5S/c1-9-6-14(22(24)25)19-21(9)5-4-18-15(23)10-7-13(12(17)8-11(10)16)28(26,27)20(2)3/h6-8H,4-5H2,1-3H3,(H,18,23). The highest BCUT2D eigenvalue weighted by atomic mass is 35.5. The van der Waals surface area contributed by atoms with Crippen LogP contribution in [0.15, 0.2) is 23.1 Å². The van der Waals surface area contributed by atoms with Crippen molar-refractivity contribution in [3.8, 4) is 0 Å². The summed E-state index contributed by atoms with van der Waals surface area (Å²) in [7, 11) is -1.19. The molecule has 1 aromatic heterocycles. The predicted molar refractivity (Wildman–Crippen MR) is 103 cm³/mol. The number of aromatic nitrogens is 2. The van der Waals surface area contributed by atoms with Crippen LogP contribution in [-0.2, 0) is 16.6 Å². The molecule has 2 rings (SSSR count). The van der Waals surface area contributed by atoms with Crippen molar-refractivity contribution in [2.45, 2.75) is 18.4 Å². The van der Waals surface area contributed by atoms with Crippen LogP contribution in [0.1, 0.15) is 16.1 Å². The molecule has 0 bridgehead atoms. The fourth-order valence-electron chi connectivity index (χ4n) is 2.28. The van der Waals surface area contributed by atoms with Gasteiger partial charge in [-0.1, -0.05) is 23.2 Å². The van der Waals surface area contributed by atoms with E-state index in [0.29, 0.717) is 5.69 Å². The lowest BCUT2D eigenvalue weighted by atomic mass is 10.2. The van der Waals surface area contributed by atoms with Crippen molar-refractivity contribution in [2.75, 3.05) is 20.6 Å². The van der Waals surface area contributed by atoms with E-state index in [1.54, 1.807) is 6.92 Å². The quantitative estimate of drug-likeness (QED) is 0.508. The third-order valence-corrected chi connectivity index (χ3v) is 6.38. The molecule has 0 aliphatic rings. The molecule has 28 heavy (non-hydrogen) atoms. The minimum Gasteiger partial charge on any atom is -0.358 e. The first-order chi connectivity index (χ1) is 12.9. The van der Waals surface area contributed by atoms with Gasteiger partial charge in [-0.05, 0) is 24.0 Å². The van der Waals surface area contributed by atoms with E-state index >= 15 is 0 Å². The number of amides is 1. The Morgan fingerprint density at radius 2 is 1.93 bits per heavy atom. The molecule has 1 amide bonds. The molecule has 0 spiro atoms. The first-order valence-corrected chi connectivity index (χ1v) is 10.0. The van der Waals surface area contributed by atoms with E-state index < -0.39 is 20.9 Å². The first kappa shape index (κ1) is 22.1. The topological polar surface area (TPSA) is 127 Å². The number of aryl methyl sites for hydroxylation is 1. The number of hydrogen-bond acceptors (Lipinski definition) is 6. The fraction of sp³-hybridized carbons (Fsp3) is 0.333. The normalized spacial score (nSPS) is 11.6. The van der Waals surface area contributed by atoms with E-state index in [1.165, 1.54) is 30.9 Å². The third kappa shape index (κ3) is 4.61. The maximum atomic E-state index is 12.4. The van der Waals surface area contributed by atoms with Crippen molar-refractivity contribution in [1.29, 1.82) is 0 Å². The summed E-state index contributed by atoms with van der Waals surface area (Å²) in [6.07, 6.45) is 0. The summed E-state index contributed by atoms with van der Waals surface area (Å²) in [5, 5.41) is 17.0. The molecular formula is C15H17Cl2N5O5S. The van der Waals surface area contributed by atoms with Gasteiger partial charge in [0.15, 0.2) is 0 Å². The number of sulfonamides is 1. The van der Waals surface area contributed by atoms with Crippen molar-refractivity contribution in [1.82, 2.24) is 19.4 Å². The number of hydrogen-bond donors (Lipinski definition) is 1. The molecule has 0 unspecified atom stereocenters. The molecule has 0 aliphatic carbocycles. The van der Waals surface area contributed by atoms with Crippen molar-refractivity contribution in [3.05, 3.63) is 49.6 Å². The zero-order chi connectivity index (χ0) is 21.2. The highest BCUT2D eigenvalue weighted by molar-refractivity contribution is 7.89. The lowest BCUT2D eigenvalue weighted by Gasteiger charge is -2.15. The van der Waals surface area contributed by atoms with Crippen LogP contribution in [0, 0.1) is 17.0 Å². The highest BCUT2D eigenvalue weighted by Gasteiger charge is 2.24. The van der Waals surface area contributed by atoms with Crippen LogP contribution in [-0.4, -0.2) is 54.0 Å². The average Bonchev–Trinajstić information content (AvgIpc) is 2.95. The molecule has 1 N–H and O–H groups in total. The zero-order valence-electron chi connectivity index (χ0n) is 15.1. The molecule has 152 valence electrons. The van der Waals surface area contributed by atoms with Crippen LogP contribution in [0.3, 0.4) is 0 Å². The van der Waals surface area contributed by atoms with Crippen LogP contribution in [0.2, 0.25) is 10.0 Å². The van der Waals surface area contributed by atoms with E-state index in [1.807, 2.05) is 0 Å². The fourth-order valence-corrected chi connectivity index (χ4v) is 4.00. The summed E-state index contributed by atoms with van der Waals surface area (Å²) in [5.41, 5.74) is 0.500. The molecule has 1 heterocycles. The number of nitrogens with one attached hydrogen (secondary N) is 1. The van der Waals surface area contributed by atoms with Gasteiger partial charge in [-0.3, -0.25) is 4.79 Å². The average molecular weight is 450 g/mol. The summed E-state index contributed by atoms with van der Waals surface area (Å²) < 4.78 is 27.0. The Kier molecular flexibility index (Phi) is 6.65. The van der Waals surface area contributed by atoms with E-state index in [2.05, 4.69) is 10.4 Å². The number of benzene rings is 1. The molecule has 10 nitrogen and oxygen atoms in total. The molecule has 2 aromatic rings. The molecule has 0 saturated heterocycles. The van der Waals surface area contributed by atoms with E-state index in [9.17, 15) is 23.3 Å². The molecule has 1 aromatic carbocycles. The molecular weight excluding hydrogens is 433 g/mol. The van der Waals surface area contributed by atoms with Crippen molar-refractivity contribution in [3.63, 3.8) is 0 Å². The van der Waals surface area contributed by atoms with Gasteiger partial charge in [0.2, 0.25) is 10.0 Å². The second-order valence-corrected chi connectivity index (χ2v) is 8.86. The van der Waals surface area contributed by atoms with Crippen LogP contribution in [0.25, 0.3) is 0 Å². The smallest absolute Gasteiger partial charge is 0.358 e. The summed E-state index contributed by atoms with van der Waals surface area (Å²) in [6.45, 7) is 1.92. The van der Waals surface area contributed by atoms with Gasteiger partial charge < -0.3 is 15.4 Å². The molecule has 0 fully saturated rings. The van der Waals surface area contributed by atoms with E-state index in [-0.39, 0.29) is 39.4 Å². The zero-order valence-corrected chi connectivity index (χ0v) is 17.5. The van der Waals surface area contributed by atoms with Crippen molar-refractivity contribution >= 4 is 45.0 Å². The number of rotatable bonds is 7. The number of nitrogens with zero attached hydrogens (tertiary/aromatic N) is 4. The SMILES string of the molecule is Cc1cc([N+](=O)[O-])nn1CCNC(=O)c1cc(S(=O)(=O)N(C)C)c(Cl)cc1Cl. The Morgan fingerprint density at radius 3 is 2.46 bits per heavy atom. The van der Waals surface area contributed by atoms with Crippen LogP contribution in [0.4, 0.5) is 5.82 Å². The van der Waals surface area contributed by atoms with Gasteiger partial charge in [0, 0.05) is 20.6 Å². The maximum absolute atomic E-state index is 12.4. The number of nitro groups is 1. The van der Waals surface area contributed by atoms with Gasteiger partial charge in [-0.2, -0.15) is 4.68 Å². The number of halogens is 2.